The molecule has 0 saturated carbocycles. The Morgan fingerprint density at radius 3 is 3.17 bits per heavy atom. The van der Waals surface area contributed by atoms with Crippen LogP contribution in [0.4, 0.5) is 0 Å². The molecule has 1 saturated heterocycles. The first kappa shape index (κ1) is 16.7. The standard InChI is InChI=1S/C17H24N4O3/c1-17(2,20-15(22)12-9-18-6-8-24-11-12)16-19-10-13-14(23-3)5-4-7-21(13)16/h4-5,7,10,12,18H,6,8-9,11H2,1-3H3,(H,20,22). The van der Waals surface area contributed by atoms with Gasteiger partial charge in [0, 0.05) is 19.3 Å². The van der Waals surface area contributed by atoms with Gasteiger partial charge in [-0.25, -0.2) is 4.98 Å². The zero-order valence-electron chi connectivity index (χ0n) is 14.3. The van der Waals surface area contributed by atoms with E-state index in [1.165, 1.54) is 0 Å². The van der Waals surface area contributed by atoms with Crippen molar-refractivity contribution < 1.29 is 14.3 Å². The quantitative estimate of drug-likeness (QED) is 0.871. The molecule has 0 aliphatic carbocycles. The number of imidazole rings is 1. The molecule has 0 bridgehead atoms. The zero-order valence-corrected chi connectivity index (χ0v) is 14.3. The summed E-state index contributed by atoms with van der Waals surface area (Å²) < 4.78 is 12.8. The highest BCUT2D eigenvalue weighted by atomic mass is 16.5. The van der Waals surface area contributed by atoms with Gasteiger partial charge in [-0.15, -0.1) is 0 Å². The lowest BCUT2D eigenvalue weighted by Crippen LogP contribution is -2.47. The SMILES string of the molecule is COc1cccn2c(C(C)(C)NC(=O)C3CNCCOC3)ncc12. The number of carbonyl (C=O) groups is 1. The number of aromatic nitrogens is 2. The van der Waals surface area contributed by atoms with E-state index < -0.39 is 5.54 Å². The number of rotatable bonds is 4. The second-order valence-corrected chi connectivity index (χ2v) is 6.50. The van der Waals surface area contributed by atoms with Crippen molar-refractivity contribution in [3.05, 3.63) is 30.4 Å². The van der Waals surface area contributed by atoms with Gasteiger partial charge in [-0.2, -0.15) is 0 Å². The second kappa shape index (κ2) is 6.78. The largest absolute Gasteiger partial charge is 0.494 e. The van der Waals surface area contributed by atoms with Gasteiger partial charge in [0.05, 0.1) is 38.0 Å². The molecule has 1 aliphatic heterocycles. The first-order chi connectivity index (χ1) is 11.5. The number of fused-ring (bicyclic) bond motifs is 1. The number of nitrogens with zero attached hydrogens (tertiary/aromatic N) is 2. The summed E-state index contributed by atoms with van der Waals surface area (Å²) in [7, 11) is 1.63. The van der Waals surface area contributed by atoms with E-state index >= 15 is 0 Å². The van der Waals surface area contributed by atoms with Crippen LogP contribution in [0.5, 0.6) is 5.75 Å². The van der Waals surface area contributed by atoms with Gasteiger partial charge in [0.25, 0.3) is 0 Å². The molecule has 7 nitrogen and oxygen atoms in total. The van der Waals surface area contributed by atoms with Crippen LogP contribution in [0.25, 0.3) is 5.52 Å². The van der Waals surface area contributed by atoms with Gasteiger partial charge in [0.1, 0.15) is 17.1 Å². The van der Waals surface area contributed by atoms with Crippen LogP contribution in [0.1, 0.15) is 19.7 Å². The molecule has 2 aromatic heterocycles. The molecule has 0 aromatic carbocycles. The van der Waals surface area contributed by atoms with E-state index in [0.29, 0.717) is 19.8 Å². The van der Waals surface area contributed by atoms with Crippen LogP contribution in [-0.4, -0.2) is 48.7 Å². The molecule has 7 heteroatoms. The number of nitrogens with one attached hydrogen (secondary N) is 2. The first-order valence-electron chi connectivity index (χ1n) is 8.14. The van der Waals surface area contributed by atoms with E-state index in [0.717, 1.165) is 23.6 Å². The summed E-state index contributed by atoms with van der Waals surface area (Å²) in [5.41, 5.74) is 0.249. The van der Waals surface area contributed by atoms with Gasteiger partial charge in [-0.05, 0) is 26.0 Å². The topological polar surface area (TPSA) is 76.9 Å². The first-order valence-corrected chi connectivity index (χ1v) is 8.14. The summed E-state index contributed by atoms with van der Waals surface area (Å²) in [5.74, 6) is 1.27. The van der Waals surface area contributed by atoms with Crippen molar-refractivity contribution in [3.8, 4) is 5.75 Å². The zero-order chi connectivity index (χ0) is 17.2. The fraction of sp³-hybridized carbons (Fsp3) is 0.529. The minimum Gasteiger partial charge on any atom is -0.494 e. The molecule has 1 unspecified atom stereocenters. The highest BCUT2D eigenvalue weighted by Crippen LogP contribution is 2.26. The van der Waals surface area contributed by atoms with Gasteiger partial charge >= 0.3 is 0 Å². The Hall–Kier alpha value is -2.12. The Morgan fingerprint density at radius 1 is 1.54 bits per heavy atom. The van der Waals surface area contributed by atoms with E-state index in [2.05, 4.69) is 15.6 Å². The molecular weight excluding hydrogens is 308 g/mol. The summed E-state index contributed by atoms with van der Waals surface area (Å²) in [5, 5.41) is 6.32. The van der Waals surface area contributed by atoms with Gasteiger partial charge in [-0.3, -0.25) is 9.20 Å². The summed E-state index contributed by atoms with van der Waals surface area (Å²) in [6, 6.07) is 3.79. The lowest BCUT2D eigenvalue weighted by molar-refractivity contribution is -0.128. The molecule has 1 amide bonds. The number of carbonyl (C=O) groups excluding carboxylic acids is 1. The fourth-order valence-electron chi connectivity index (χ4n) is 2.97. The smallest absolute Gasteiger partial charge is 0.227 e. The number of amides is 1. The van der Waals surface area contributed by atoms with Crippen molar-refractivity contribution in [2.24, 2.45) is 5.92 Å². The van der Waals surface area contributed by atoms with E-state index in [1.807, 2.05) is 36.6 Å². The van der Waals surface area contributed by atoms with E-state index in [4.69, 9.17) is 9.47 Å². The number of pyridine rings is 1. The molecule has 1 aliphatic rings. The predicted molar refractivity (Wildman–Crippen MR) is 90.1 cm³/mol. The van der Waals surface area contributed by atoms with Crippen molar-refractivity contribution >= 4 is 11.4 Å². The van der Waals surface area contributed by atoms with Crippen molar-refractivity contribution in [3.63, 3.8) is 0 Å². The molecule has 130 valence electrons. The predicted octanol–water partition coefficient (Wildman–Crippen LogP) is 0.930. The highest BCUT2D eigenvalue weighted by molar-refractivity contribution is 5.80. The molecule has 1 fully saturated rings. The van der Waals surface area contributed by atoms with Crippen molar-refractivity contribution in [1.82, 2.24) is 20.0 Å². The lowest BCUT2D eigenvalue weighted by Gasteiger charge is -2.27. The summed E-state index contributed by atoms with van der Waals surface area (Å²) in [4.78, 5) is 17.1. The Bertz CT molecular complexity index is 718. The van der Waals surface area contributed by atoms with Crippen LogP contribution in [0, 0.1) is 5.92 Å². The van der Waals surface area contributed by atoms with Crippen molar-refractivity contribution in [2.75, 3.05) is 33.4 Å². The van der Waals surface area contributed by atoms with E-state index in [-0.39, 0.29) is 11.8 Å². The normalized spacial score (nSPS) is 19.0. The van der Waals surface area contributed by atoms with Gasteiger partial charge < -0.3 is 20.1 Å². The van der Waals surface area contributed by atoms with Crippen LogP contribution in [0.2, 0.25) is 0 Å². The van der Waals surface area contributed by atoms with Crippen molar-refractivity contribution in [2.45, 2.75) is 19.4 Å². The third kappa shape index (κ3) is 3.22. The molecule has 3 rings (SSSR count). The van der Waals surface area contributed by atoms with Crippen LogP contribution in [-0.2, 0) is 15.1 Å². The number of hydrogen-bond donors (Lipinski definition) is 2. The third-order valence-electron chi connectivity index (χ3n) is 4.25. The maximum Gasteiger partial charge on any atom is 0.227 e. The third-order valence-corrected chi connectivity index (χ3v) is 4.25. The molecule has 24 heavy (non-hydrogen) atoms. The second-order valence-electron chi connectivity index (χ2n) is 6.50. The van der Waals surface area contributed by atoms with Crippen LogP contribution < -0.4 is 15.4 Å². The Kier molecular flexibility index (Phi) is 4.73. The maximum absolute atomic E-state index is 12.6. The Morgan fingerprint density at radius 2 is 2.38 bits per heavy atom. The molecule has 2 aromatic rings. The van der Waals surface area contributed by atoms with Gasteiger partial charge in [-0.1, -0.05) is 0 Å². The Labute approximate surface area is 141 Å². The monoisotopic (exact) mass is 332 g/mol. The molecule has 2 N–H and O–H groups in total. The summed E-state index contributed by atoms with van der Waals surface area (Å²) in [6.07, 6.45) is 3.68. The average Bonchev–Trinajstić information content (AvgIpc) is 2.82. The minimum absolute atomic E-state index is 0.0333. The lowest BCUT2D eigenvalue weighted by atomic mass is 10.0. The van der Waals surface area contributed by atoms with Crippen LogP contribution in [0.15, 0.2) is 24.5 Å². The van der Waals surface area contributed by atoms with Gasteiger partial charge in [0.15, 0.2) is 0 Å². The maximum atomic E-state index is 12.6. The fourth-order valence-corrected chi connectivity index (χ4v) is 2.97. The van der Waals surface area contributed by atoms with Crippen LogP contribution >= 0.6 is 0 Å². The number of ether oxygens (including phenoxy) is 2. The van der Waals surface area contributed by atoms with Gasteiger partial charge in [0.2, 0.25) is 5.91 Å². The molecule has 3 heterocycles. The molecule has 0 spiro atoms. The average molecular weight is 332 g/mol. The van der Waals surface area contributed by atoms with Crippen LogP contribution in [0.3, 0.4) is 0 Å². The molecular formula is C17H24N4O3. The summed E-state index contributed by atoms with van der Waals surface area (Å²) >= 11 is 0. The van der Waals surface area contributed by atoms with Crippen molar-refractivity contribution in [1.29, 1.82) is 0 Å². The Balaban J connectivity index is 1.83. The number of methoxy groups -OCH3 is 1. The minimum atomic E-state index is -0.623. The number of hydrogen-bond acceptors (Lipinski definition) is 5. The summed E-state index contributed by atoms with van der Waals surface area (Å²) in [6.45, 7) is 6.37. The van der Waals surface area contributed by atoms with E-state index in [9.17, 15) is 4.79 Å². The molecule has 0 radical (unpaired) electrons. The molecule has 1 atom stereocenters. The highest BCUT2D eigenvalue weighted by Gasteiger charge is 2.31. The van der Waals surface area contributed by atoms with E-state index in [1.54, 1.807) is 13.3 Å².